The first-order chi connectivity index (χ1) is 7.67. The van der Waals surface area contributed by atoms with Crippen LogP contribution in [0.2, 0.25) is 0 Å². The van der Waals surface area contributed by atoms with Crippen molar-refractivity contribution in [2.24, 2.45) is 0 Å². The molecule has 0 N–H and O–H groups in total. The van der Waals surface area contributed by atoms with Gasteiger partial charge in [0.05, 0.1) is 13.0 Å². The van der Waals surface area contributed by atoms with Crippen LogP contribution >= 0.6 is 11.6 Å². The number of ether oxygens (including phenoxy) is 1. The zero-order valence-corrected chi connectivity index (χ0v) is 9.25. The maximum Gasteiger partial charge on any atom is 0.177 e. The Morgan fingerprint density at radius 2 is 2.31 bits per heavy atom. The molecule has 0 aliphatic heterocycles. The van der Waals surface area contributed by atoms with Gasteiger partial charge in [-0.1, -0.05) is 0 Å². The Hall–Kier alpha value is -1.86. The minimum absolute atomic E-state index is 0.114. The van der Waals surface area contributed by atoms with Gasteiger partial charge in [0, 0.05) is 11.1 Å². The quantitative estimate of drug-likeness (QED) is 0.455. The predicted octanol–water partition coefficient (Wildman–Crippen LogP) is 1.80. The molecule has 5 heteroatoms. The number of carbonyl (C=O) groups is 2. The number of nitrogens with zero attached hydrogens (tertiary/aromatic N) is 1. The van der Waals surface area contributed by atoms with Crippen LogP contribution in [0.3, 0.4) is 0 Å². The molecule has 1 rings (SSSR count). The Balaban J connectivity index is 3.44. The van der Waals surface area contributed by atoms with Crippen molar-refractivity contribution in [3.63, 3.8) is 0 Å². The minimum Gasteiger partial charge on any atom is -0.495 e. The molecule has 0 amide bonds. The van der Waals surface area contributed by atoms with E-state index in [1.165, 1.54) is 19.2 Å². The van der Waals surface area contributed by atoms with Crippen LogP contribution in [0.1, 0.15) is 26.3 Å². The number of methoxy groups -OCH3 is 1. The Morgan fingerprint density at radius 1 is 1.62 bits per heavy atom. The number of Topliss-reactive ketones (excluding diaryl/α,β-unsaturated/α-hetero) is 1. The number of hydrogen-bond donors (Lipinski definition) is 0. The SMILES string of the molecule is COc1cc(C(=O)CCl)cc(C=O)c1C#N. The second kappa shape index (κ2) is 5.29. The van der Waals surface area contributed by atoms with Gasteiger partial charge in [-0.15, -0.1) is 11.6 Å². The lowest BCUT2D eigenvalue weighted by Crippen LogP contribution is -2.04. The molecule has 82 valence electrons. The van der Waals surface area contributed by atoms with Gasteiger partial charge in [0.2, 0.25) is 0 Å². The van der Waals surface area contributed by atoms with Gasteiger partial charge < -0.3 is 4.74 Å². The number of nitriles is 1. The number of halogens is 1. The highest BCUT2D eigenvalue weighted by atomic mass is 35.5. The molecule has 0 saturated carbocycles. The molecule has 0 unspecified atom stereocenters. The number of aldehydes is 1. The van der Waals surface area contributed by atoms with Crippen LogP contribution in [0.5, 0.6) is 5.75 Å². The van der Waals surface area contributed by atoms with Crippen LogP contribution < -0.4 is 4.74 Å². The monoisotopic (exact) mass is 237 g/mol. The number of hydrogen-bond acceptors (Lipinski definition) is 4. The number of ketones is 1. The number of carbonyl (C=O) groups excluding carboxylic acids is 2. The van der Waals surface area contributed by atoms with Crippen molar-refractivity contribution in [1.82, 2.24) is 0 Å². The Labute approximate surface area is 97.4 Å². The third-order valence-electron chi connectivity index (χ3n) is 2.03. The summed E-state index contributed by atoms with van der Waals surface area (Å²) in [6.45, 7) is 0. The van der Waals surface area contributed by atoms with Crippen LogP contribution in [0.4, 0.5) is 0 Å². The average Bonchev–Trinajstić information content (AvgIpc) is 2.35. The zero-order valence-electron chi connectivity index (χ0n) is 8.49. The van der Waals surface area contributed by atoms with Gasteiger partial charge in [-0.2, -0.15) is 5.26 Å². The summed E-state index contributed by atoms with van der Waals surface area (Å²) in [5.41, 5.74) is 0.492. The van der Waals surface area contributed by atoms with E-state index in [1.807, 2.05) is 6.07 Å². The molecule has 0 atom stereocenters. The second-order valence-electron chi connectivity index (χ2n) is 2.93. The van der Waals surface area contributed by atoms with Crippen molar-refractivity contribution in [2.75, 3.05) is 13.0 Å². The van der Waals surface area contributed by atoms with Gasteiger partial charge in [-0.25, -0.2) is 0 Å². The Bertz CT molecular complexity index is 477. The molecule has 0 aliphatic rings. The summed E-state index contributed by atoms with van der Waals surface area (Å²) in [4.78, 5) is 22.1. The van der Waals surface area contributed by atoms with Gasteiger partial charge in [0.25, 0.3) is 0 Å². The van der Waals surface area contributed by atoms with E-state index in [9.17, 15) is 9.59 Å². The van der Waals surface area contributed by atoms with Crippen molar-refractivity contribution in [1.29, 1.82) is 5.26 Å². The summed E-state index contributed by atoms with van der Waals surface area (Å²) in [6.07, 6.45) is 0.506. The third kappa shape index (κ3) is 2.20. The highest BCUT2D eigenvalue weighted by Crippen LogP contribution is 2.23. The molecule has 0 bridgehead atoms. The fraction of sp³-hybridized carbons (Fsp3) is 0.182. The van der Waals surface area contributed by atoms with Crippen molar-refractivity contribution >= 4 is 23.7 Å². The predicted molar refractivity (Wildman–Crippen MR) is 58.1 cm³/mol. The fourth-order valence-electron chi connectivity index (χ4n) is 1.25. The Kier molecular flexibility index (Phi) is 4.03. The summed E-state index contributed by atoms with van der Waals surface area (Å²) >= 11 is 5.41. The molecule has 1 aromatic carbocycles. The molecule has 16 heavy (non-hydrogen) atoms. The normalized spacial score (nSPS) is 9.31. The summed E-state index contributed by atoms with van der Waals surface area (Å²) < 4.78 is 4.94. The summed E-state index contributed by atoms with van der Waals surface area (Å²) in [5.74, 6) is -0.319. The lowest BCUT2D eigenvalue weighted by atomic mass is 10.0. The first kappa shape index (κ1) is 12.2. The van der Waals surface area contributed by atoms with Gasteiger partial charge >= 0.3 is 0 Å². The lowest BCUT2D eigenvalue weighted by molar-refractivity contribution is 0.102. The number of alkyl halides is 1. The first-order valence-corrected chi connectivity index (χ1v) is 4.87. The summed E-state index contributed by atoms with van der Waals surface area (Å²) in [7, 11) is 1.36. The topological polar surface area (TPSA) is 67.2 Å². The maximum absolute atomic E-state index is 11.4. The largest absolute Gasteiger partial charge is 0.495 e. The van der Waals surface area contributed by atoms with Gasteiger partial charge in [-0.05, 0) is 12.1 Å². The van der Waals surface area contributed by atoms with Crippen molar-refractivity contribution in [2.45, 2.75) is 0 Å². The van der Waals surface area contributed by atoms with Gasteiger partial charge in [-0.3, -0.25) is 9.59 Å². The van der Waals surface area contributed by atoms with Gasteiger partial charge in [0.1, 0.15) is 17.4 Å². The van der Waals surface area contributed by atoms with E-state index in [0.29, 0.717) is 6.29 Å². The minimum atomic E-state index is -0.326. The van der Waals surface area contributed by atoms with Crippen LogP contribution in [0.15, 0.2) is 12.1 Å². The van der Waals surface area contributed by atoms with Crippen molar-refractivity contribution in [3.05, 3.63) is 28.8 Å². The van der Waals surface area contributed by atoms with E-state index in [0.717, 1.165) is 0 Å². The summed E-state index contributed by atoms with van der Waals surface area (Å²) in [6, 6.07) is 4.58. The van der Waals surface area contributed by atoms with Crippen LogP contribution in [0, 0.1) is 11.3 Å². The second-order valence-corrected chi connectivity index (χ2v) is 3.20. The molecule has 4 nitrogen and oxygen atoms in total. The van der Waals surface area contributed by atoms with Crippen LogP contribution in [0.25, 0.3) is 0 Å². The van der Waals surface area contributed by atoms with Crippen molar-refractivity contribution in [3.8, 4) is 11.8 Å². The molecule has 0 radical (unpaired) electrons. The zero-order chi connectivity index (χ0) is 12.1. The molecular weight excluding hydrogens is 230 g/mol. The molecule has 0 saturated heterocycles. The maximum atomic E-state index is 11.4. The van der Waals surface area contributed by atoms with E-state index in [2.05, 4.69) is 0 Å². The Morgan fingerprint density at radius 3 is 2.75 bits per heavy atom. The van der Waals surface area contributed by atoms with Gasteiger partial charge in [0.15, 0.2) is 12.1 Å². The first-order valence-electron chi connectivity index (χ1n) is 4.34. The molecular formula is C11H8ClNO3. The van der Waals surface area contributed by atoms with E-state index < -0.39 is 0 Å². The molecule has 0 spiro atoms. The smallest absolute Gasteiger partial charge is 0.177 e. The van der Waals surface area contributed by atoms with E-state index >= 15 is 0 Å². The van der Waals surface area contributed by atoms with E-state index in [-0.39, 0.29) is 34.1 Å². The van der Waals surface area contributed by atoms with Crippen LogP contribution in [-0.4, -0.2) is 25.1 Å². The summed E-state index contributed by atoms with van der Waals surface area (Å²) in [5, 5.41) is 8.85. The lowest BCUT2D eigenvalue weighted by Gasteiger charge is -2.07. The highest BCUT2D eigenvalue weighted by molar-refractivity contribution is 6.30. The molecule has 0 heterocycles. The van der Waals surface area contributed by atoms with E-state index in [4.69, 9.17) is 21.6 Å². The highest BCUT2D eigenvalue weighted by Gasteiger charge is 2.14. The molecule has 0 aromatic heterocycles. The third-order valence-corrected chi connectivity index (χ3v) is 2.28. The van der Waals surface area contributed by atoms with E-state index in [1.54, 1.807) is 0 Å². The average molecular weight is 238 g/mol. The van der Waals surface area contributed by atoms with Crippen molar-refractivity contribution < 1.29 is 14.3 Å². The number of benzene rings is 1. The number of rotatable bonds is 4. The molecule has 0 aliphatic carbocycles. The fourth-order valence-corrected chi connectivity index (χ4v) is 1.40. The molecule has 0 fully saturated rings. The van der Waals surface area contributed by atoms with Crippen LogP contribution in [-0.2, 0) is 0 Å². The standard InChI is InChI=1S/C11H8ClNO3/c1-16-11-3-7(10(15)4-12)2-8(6-14)9(11)5-13/h2-3,6H,4H2,1H3. The molecule has 1 aromatic rings.